The van der Waals surface area contributed by atoms with Crippen LogP contribution < -0.4 is 0 Å². The Bertz CT molecular complexity index is 1210. The normalized spacial score (nSPS) is 18.9. The lowest BCUT2D eigenvalue weighted by Gasteiger charge is -2.32. The fourth-order valence-electron chi connectivity index (χ4n) is 4.44. The number of halogens is 3. The zero-order valence-electron chi connectivity index (χ0n) is 15.9. The molecule has 0 bridgehead atoms. The maximum absolute atomic E-state index is 13.6. The van der Waals surface area contributed by atoms with Gasteiger partial charge in [-0.2, -0.15) is 27.7 Å². The van der Waals surface area contributed by atoms with E-state index in [4.69, 9.17) is 0 Å². The van der Waals surface area contributed by atoms with E-state index in [1.165, 1.54) is 27.5 Å². The van der Waals surface area contributed by atoms with E-state index in [0.717, 1.165) is 12.5 Å². The quantitative estimate of drug-likeness (QED) is 0.625. The first kappa shape index (κ1) is 19.5. The van der Waals surface area contributed by atoms with Gasteiger partial charge in [0.25, 0.3) is 0 Å². The molecule has 0 saturated carbocycles. The lowest BCUT2D eigenvalue weighted by Crippen LogP contribution is -2.38. The highest BCUT2D eigenvalue weighted by Crippen LogP contribution is 2.40. The molecule has 0 N–H and O–H groups in total. The lowest BCUT2D eigenvalue weighted by molar-refractivity contribution is -0.138. The number of hydrogen-bond donors (Lipinski definition) is 0. The monoisotopic (exact) mass is 440 g/mol. The average molecular weight is 440 g/mol. The molecule has 1 fully saturated rings. The molecule has 3 aromatic rings. The summed E-state index contributed by atoms with van der Waals surface area (Å²) in [6, 6.07) is 1.00. The molecule has 1 saturated heterocycles. The zero-order valence-corrected chi connectivity index (χ0v) is 16.7. The highest BCUT2D eigenvalue weighted by atomic mass is 32.2. The second-order valence-corrected chi connectivity index (χ2v) is 9.57. The van der Waals surface area contributed by atoms with Crippen molar-refractivity contribution in [3.8, 4) is 0 Å². The van der Waals surface area contributed by atoms with Gasteiger partial charge in [0.1, 0.15) is 11.2 Å². The van der Waals surface area contributed by atoms with Crippen molar-refractivity contribution in [1.29, 1.82) is 0 Å². The topological polar surface area (TPSA) is 85.4 Å². The number of nitrogens with zero attached hydrogens (tertiary/aromatic N) is 6. The Hall–Kier alpha value is -2.47. The molecule has 2 aliphatic rings. The van der Waals surface area contributed by atoms with E-state index in [0.29, 0.717) is 31.5 Å². The van der Waals surface area contributed by atoms with Crippen LogP contribution in [0.5, 0.6) is 0 Å². The summed E-state index contributed by atoms with van der Waals surface area (Å²) < 4.78 is 71.5. The summed E-state index contributed by atoms with van der Waals surface area (Å²) in [5, 5.41) is 8.09. The Morgan fingerprint density at radius 2 is 1.87 bits per heavy atom. The van der Waals surface area contributed by atoms with Crippen LogP contribution in [0.2, 0.25) is 0 Å². The van der Waals surface area contributed by atoms with E-state index in [2.05, 4.69) is 15.2 Å². The van der Waals surface area contributed by atoms with Crippen molar-refractivity contribution < 1.29 is 21.6 Å². The molecule has 5 heterocycles. The van der Waals surface area contributed by atoms with Gasteiger partial charge in [0.2, 0.25) is 10.0 Å². The number of hydrogen-bond acceptors (Lipinski definition) is 5. The minimum atomic E-state index is -4.52. The zero-order chi connectivity index (χ0) is 21.1. The molecule has 0 radical (unpaired) electrons. The van der Waals surface area contributed by atoms with Crippen molar-refractivity contribution in [2.45, 2.75) is 49.2 Å². The van der Waals surface area contributed by atoms with Gasteiger partial charge in [-0.25, -0.2) is 17.9 Å². The lowest BCUT2D eigenvalue weighted by atomic mass is 9.88. The molecule has 0 spiro atoms. The minimum Gasteiger partial charge on any atom is -0.268 e. The van der Waals surface area contributed by atoms with E-state index in [-0.39, 0.29) is 29.2 Å². The Morgan fingerprint density at radius 1 is 1.10 bits per heavy atom. The van der Waals surface area contributed by atoms with E-state index in [1.54, 1.807) is 4.68 Å². The highest BCUT2D eigenvalue weighted by Gasteiger charge is 2.39. The van der Waals surface area contributed by atoms with Crippen molar-refractivity contribution >= 4 is 15.7 Å². The Balaban J connectivity index is 1.41. The highest BCUT2D eigenvalue weighted by molar-refractivity contribution is 7.89. The fraction of sp³-hybridized carbons (Fsp3) is 0.500. The molecule has 0 unspecified atom stereocenters. The summed E-state index contributed by atoms with van der Waals surface area (Å²) in [4.78, 5) is 4.06. The van der Waals surface area contributed by atoms with Crippen LogP contribution in [-0.2, 0) is 29.2 Å². The predicted octanol–water partition coefficient (Wildman–Crippen LogP) is 2.46. The van der Waals surface area contributed by atoms with E-state index >= 15 is 0 Å². The van der Waals surface area contributed by atoms with Crippen molar-refractivity contribution in [3.63, 3.8) is 0 Å². The van der Waals surface area contributed by atoms with Gasteiger partial charge in [-0.3, -0.25) is 4.68 Å². The summed E-state index contributed by atoms with van der Waals surface area (Å²) in [5.74, 6) is -0.417. The maximum atomic E-state index is 13.6. The standard InChI is InChI=1S/C18H19F3N6O2S/c19-18(20,21)14-8-17-22-11-24-27(17)10-13(14)12-3-6-25(7-4-12)30(28,29)16-9-23-26-5-1-2-15(16)26/h8-12H,1-7H2. The molecule has 160 valence electrons. The van der Waals surface area contributed by atoms with Gasteiger partial charge in [-0.1, -0.05) is 0 Å². The van der Waals surface area contributed by atoms with Crippen LogP contribution in [-0.4, -0.2) is 50.2 Å². The van der Waals surface area contributed by atoms with Gasteiger partial charge in [-0.05, 0) is 43.2 Å². The van der Waals surface area contributed by atoms with Crippen LogP contribution in [0.1, 0.15) is 42.0 Å². The van der Waals surface area contributed by atoms with Gasteiger partial charge >= 0.3 is 6.18 Å². The van der Waals surface area contributed by atoms with Gasteiger partial charge < -0.3 is 0 Å². The number of alkyl halides is 3. The first-order valence-corrected chi connectivity index (χ1v) is 11.1. The third kappa shape index (κ3) is 3.09. The summed E-state index contributed by atoms with van der Waals surface area (Å²) in [7, 11) is -3.71. The number of fused-ring (bicyclic) bond motifs is 2. The summed E-state index contributed by atoms with van der Waals surface area (Å²) in [5.41, 5.74) is 0.233. The van der Waals surface area contributed by atoms with Gasteiger partial charge in [-0.15, -0.1) is 0 Å². The largest absolute Gasteiger partial charge is 0.416 e. The minimum absolute atomic E-state index is 0.126. The Kier molecular flexibility index (Phi) is 4.40. The number of aryl methyl sites for hydroxylation is 1. The average Bonchev–Trinajstić information content (AvgIpc) is 3.42. The number of pyridine rings is 1. The van der Waals surface area contributed by atoms with E-state index < -0.39 is 27.7 Å². The van der Waals surface area contributed by atoms with Crippen molar-refractivity contribution in [3.05, 3.63) is 41.6 Å². The number of rotatable bonds is 3. The number of sulfonamides is 1. The Labute approximate surface area is 170 Å². The fourth-order valence-corrected chi connectivity index (χ4v) is 6.10. The summed E-state index contributed by atoms with van der Waals surface area (Å²) >= 11 is 0. The first-order chi connectivity index (χ1) is 14.2. The van der Waals surface area contributed by atoms with Gasteiger partial charge in [0, 0.05) is 25.8 Å². The van der Waals surface area contributed by atoms with Crippen LogP contribution >= 0.6 is 0 Å². The molecular formula is C18H19F3N6O2S. The molecule has 3 aromatic heterocycles. The molecule has 5 rings (SSSR count). The second-order valence-electron chi connectivity index (χ2n) is 7.66. The molecule has 2 aliphatic heterocycles. The van der Waals surface area contributed by atoms with Gasteiger partial charge in [0.05, 0.1) is 17.5 Å². The predicted molar refractivity (Wildman–Crippen MR) is 99.3 cm³/mol. The van der Waals surface area contributed by atoms with Crippen LogP contribution in [0.4, 0.5) is 13.2 Å². The molecule has 12 heteroatoms. The van der Waals surface area contributed by atoms with Crippen molar-refractivity contribution in [2.75, 3.05) is 13.1 Å². The van der Waals surface area contributed by atoms with Crippen LogP contribution in [0.25, 0.3) is 5.65 Å². The Morgan fingerprint density at radius 3 is 2.60 bits per heavy atom. The molecular weight excluding hydrogens is 421 g/mol. The SMILES string of the molecule is O=S(=O)(c1cnn2c1CCC2)N1CCC(c2cn3ncnc3cc2C(F)(F)F)CC1. The third-order valence-electron chi connectivity index (χ3n) is 5.96. The smallest absolute Gasteiger partial charge is 0.268 e. The second kappa shape index (κ2) is 6.77. The number of piperidine rings is 1. The van der Waals surface area contributed by atoms with E-state index in [9.17, 15) is 21.6 Å². The molecule has 0 atom stereocenters. The molecule has 0 amide bonds. The molecule has 0 aliphatic carbocycles. The molecule has 30 heavy (non-hydrogen) atoms. The van der Waals surface area contributed by atoms with Crippen LogP contribution in [0, 0.1) is 0 Å². The van der Waals surface area contributed by atoms with Crippen LogP contribution in [0.3, 0.4) is 0 Å². The number of aromatic nitrogens is 5. The summed E-state index contributed by atoms with van der Waals surface area (Å²) in [6.45, 7) is 1.02. The third-order valence-corrected chi connectivity index (χ3v) is 7.90. The van der Waals surface area contributed by atoms with Crippen LogP contribution in [0.15, 0.2) is 29.7 Å². The molecule has 0 aromatic carbocycles. The molecule has 8 nitrogen and oxygen atoms in total. The summed E-state index contributed by atoms with van der Waals surface area (Å²) in [6.07, 6.45) is 1.55. The van der Waals surface area contributed by atoms with Crippen molar-refractivity contribution in [2.24, 2.45) is 0 Å². The van der Waals surface area contributed by atoms with Crippen molar-refractivity contribution in [1.82, 2.24) is 28.7 Å². The first-order valence-electron chi connectivity index (χ1n) is 9.70. The maximum Gasteiger partial charge on any atom is 0.416 e. The van der Waals surface area contributed by atoms with E-state index in [1.807, 2.05) is 0 Å². The van der Waals surface area contributed by atoms with Gasteiger partial charge in [0.15, 0.2) is 5.65 Å².